The maximum Gasteiger partial charge on any atom is 0.419 e. The number of anilines is 2. The van der Waals surface area contributed by atoms with Gasteiger partial charge in [0.05, 0.1) is 29.2 Å². The van der Waals surface area contributed by atoms with Crippen molar-refractivity contribution >= 4 is 23.4 Å². The standard InChI is InChI=1S/C17H17F3N4O2S.C2H6/c1-23-13-8-12(24-14(9-21)16(13)22)10-3-4-15(25-5-6-26-27-2)11(7-10)17(18,19)20;1-2/h3-4,7-8H,5-6,22H2,1-2H3,(H,23,24);1-2H3. The van der Waals surface area contributed by atoms with E-state index in [0.29, 0.717) is 5.69 Å². The van der Waals surface area contributed by atoms with Gasteiger partial charge in [0.25, 0.3) is 0 Å². The van der Waals surface area contributed by atoms with Crippen LogP contribution in [0.2, 0.25) is 0 Å². The van der Waals surface area contributed by atoms with E-state index in [2.05, 4.69) is 10.3 Å². The SMILES string of the molecule is CC.CNc1cc(-c2ccc(OCCOSC)c(C(F)(F)F)c2)nc(C#N)c1N. The number of ether oxygens (including phenoxy) is 1. The van der Waals surface area contributed by atoms with Crippen LogP contribution in [0.15, 0.2) is 24.3 Å². The number of hydrogen-bond acceptors (Lipinski definition) is 7. The minimum absolute atomic E-state index is 0.0220. The van der Waals surface area contributed by atoms with Crippen LogP contribution < -0.4 is 15.8 Å². The molecule has 1 aromatic heterocycles. The number of pyridine rings is 1. The minimum Gasteiger partial charge on any atom is -0.491 e. The van der Waals surface area contributed by atoms with Gasteiger partial charge >= 0.3 is 6.18 Å². The van der Waals surface area contributed by atoms with E-state index < -0.39 is 11.7 Å². The number of nitrogens with one attached hydrogen (secondary N) is 1. The Bertz CT molecular complexity index is 855. The Labute approximate surface area is 172 Å². The average Bonchev–Trinajstić information content (AvgIpc) is 2.72. The first kappa shape index (κ1) is 24.4. The number of nitrogens with two attached hydrogens (primary N) is 1. The molecule has 3 N–H and O–H groups in total. The zero-order valence-corrected chi connectivity index (χ0v) is 17.4. The summed E-state index contributed by atoms with van der Waals surface area (Å²) < 4.78 is 50.6. The normalized spacial score (nSPS) is 10.6. The molecule has 1 heterocycles. The zero-order chi connectivity index (χ0) is 22.0. The molecule has 0 bridgehead atoms. The summed E-state index contributed by atoms with van der Waals surface area (Å²) in [5.74, 6) is -0.305. The van der Waals surface area contributed by atoms with Crippen LogP contribution in [0.3, 0.4) is 0 Å². The molecule has 0 aliphatic heterocycles. The molecule has 0 atom stereocenters. The van der Waals surface area contributed by atoms with Gasteiger partial charge in [-0.3, -0.25) is 0 Å². The maximum atomic E-state index is 13.5. The molecule has 0 aliphatic rings. The van der Waals surface area contributed by atoms with E-state index >= 15 is 0 Å². The fourth-order valence-electron chi connectivity index (χ4n) is 2.30. The Morgan fingerprint density at radius 3 is 2.48 bits per heavy atom. The lowest BCUT2D eigenvalue weighted by Crippen LogP contribution is -2.11. The largest absolute Gasteiger partial charge is 0.491 e. The number of nitriles is 1. The van der Waals surface area contributed by atoms with Crippen LogP contribution in [0.4, 0.5) is 24.5 Å². The molecule has 0 unspecified atom stereocenters. The molecule has 10 heteroatoms. The van der Waals surface area contributed by atoms with Gasteiger partial charge in [0.15, 0.2) is 5.69 Å². The first-order valence-corrected chi connectivity index (χ1v) is 9.85. The summed E-state index contributed by atoms with van der Waals surface area (Å²) in [5.41, 5.74) is 5.69. The number of hydrogen-bond donors (Lipinski definition) is 2. The Hall–Kier alpha value is -2.64. The van der Waals surface area contributed by atoms with Crippen LogP contribution in [-0.4, -0.2) is 31.5 Å². The summed E-state index contributed by atoms with van der Waals surface area (Å²) in [5, 5.41) is 11.9. The second-order valence-electron chi connectivity index (χ2n) is 5.22. The molecular formula is C19H23F3N4O2S. The van der Waals surface area contributed by atoms with Crippen molar-refractivity contribution in [1.29, 1.82) is 5.26 Å². The van der Waals surface area contributed by atoms with Gasteiger partial charge < -0.3 is 20.0 Å². The van der Waals surface area contributed by atoms with E-state index in [1.807, 2.05) is 19.9 Å². The molecule has 0 radical (unpaired) electrons. The highest BCUT2D eigenvalue weighted by atomic mass is 32.2. The molecule has 0 fully saturated rings. The third-order valence-corrected chi connectivity index (χ3v) is 3.96. The van der Waals surface area contributed by atoms with Crippen LogP contribution in [0.25, 0.3) is 11.3 Å². The van der Waals surface area contributed by atoms with Gasteiger partial charge in [-0.1, -0.05) is 13.8 Å². The van der Waals surface area contributed by atoms with Crippen molar-refractivity contribution in [2.45, 2.75) is 20.0 Å². The van der Waals surface area contributed by atoms with Gasteiger partial charge in [-0.15, -0.1) is 0 Å². The van der Waals surface area contributed by atoms with E-state index in [1.165, 1.54) is 18.2 Å². The topological polar surface area (TPSA) is 93.2 Å². The Morgan fingerprint density at radius 2 is 1.93 bits per heavy atom. The van der Waals surface area contributed by atoms with Crippen molar-refractivity contribution < 1.29 is 22.1 Å². The van der Waals surface area contributed by atoms with Crippen LogP contribution in [0.5, 0.6) is 5.75 Å². The number of aromatic nitrogens is 1. The van der Waals surface area contributed by atoms with Gasteiger partial charge in [0.1, 0.15) is 18.4 Å². The van der Waals surface area contributed by atoms with Crippen molar-refractivity contribution in [3.63, 3.8) is 0 Å². The maximum absolute atomic E-state index is 13.5. The highest BCUT2D eigenvalue weighted by Gasteiger charge is 2.35. The van der Waals surface area contributed by atoms with E-state index in [9.17, 15) is 13.2 Å². The lowest BCUT2D eigenvalue weighted by Gasteiger charge is -2.16. The van der Waals surface area contributed by atoms with Gasteiger partial charge in [0.2, 0.25) is 0 Å². The van der Waals surface area contributed by atoms with Gasteiger partial charge in [-0.05, 0) is 36.3 Å². The van der Waals surface area contributed by atoms with Crippen molar-refractivity contribution in [2.75, 3.05) is 37.6 Å². The Balaban J connectivity index is 0.00000204. The lowest BCUT2D eigenvalue weighted by molar-refractivity contribution is -0.139. The second-order valence-corrected chi connectivity index (χ2v) is 5.79. The molecular weight excluding hydrogens is 405 g/mol. The number of nitrogen functional groups attached to an aromatic ring is 1. The number of alkyl halides is 3. The van der Waals surface area contributed by atoms with E-state index in [4.69, 9.17) is 19.9 Å². The second kappa shape index (κ2) is 11.4. The number of halogens is 3. The number of rotatable bonds is 7. The van der Waals surface area contributed by atoms with E-state index in [0.717, 1.165) is 18.1 Å². The number of nitrogens with zero attached hydrogens (tertiary/aromatic N) is 2. The zero-order valence-electron chi connectivity index (χ0n) is 16.6. The molecule has 6 nitrogen and oxygen atoms in total. The quantitative estimate of drug-likeness (QED) is 0.475. The van der Waals surface area contributed by atoms with Gasteiger partial charge in [0, 0.05) is 18.9 Å². The number of benzene rings is 1. The van der Waals surface area contributed by atoms with Crippen LogP contribution in [0, 0.1) is 11.3 Å². The highest BCUT2D eigenvalue weighted by Crippen LogP contribution is 2.39. The predicted octanol–water partition coefficient (Wildman–Crippen LogP) is 4.96. The highest BCUT2D eigenvalue weighted by molar-refractivity contribution is 7.93. The molecule has 0 spiro atoms. The summed E-state index contributed by atoms with van der Waals surface area (Å²) in [7, 11) is 1.59. The monoisotopic (exact) mass is 428 g/mol. The molecule has 2 aromatic rings. The lowest BCUT2D eigenvalue weighted by atomic mass is 10.0. The molecule has 0 amide bonds. The first-order chi connectivity index (χ1) is 13.8. The Morgan fingerprint density at radius 1 is 1.24 bits per heavy atom. The molecule has 0 aliphatic carbocycles. The molecule has 1 aromatic carbocycles. The molecule has 0 saturated carbocycles. The molecule has 0 saturated heterocycles. The third-order valence-electron chi connectivity index (χ3n) is 3.56. The van der Waals surface area contributed by atoms with E-state index in [-0.39, 0.29) is 41.6 Å². The first-order valence-electron chi connectivity index (χ1n) is 8.70. The summed E-state index contributed by atoms with van der Waals surface area (Å²) in [6.07, 6.45) is -2.92. The smallest absolute Gasteiger partial charge is 0.419 e. The summed E-state index contributed by atoms with van der Waals surface area (Å²) in [6, 6.07) is 6.92. The van der Waals surface area contributed by atoms with Crippen LogP contribution in [-0.2, 0) is 10.4 Å². The van der Waals surface area contributed by atoms with Crippen LogP contribution >= 0.6 is 12.0 Å². The van der Waals surface area contributed by atoms with Crippen molar-refractivity contribution in [1.82, 2.24) is 4.98 Å². The molecule has 158 valence electrons. The van der Waals surface area contributed by atoms with Crippen molar-refractivity contribution in [2.24, 2.45) is 0 Å². The van der Waals surface area contributed by atoms with Crippen molar-refractivity contribution in [3.05, 3.63) is 35.5 Å². The van der Waals surface area contributed by atoms with Gasteiger partial charge in [-0.25, -0.2) is 4.98 Å². The molecule has 2 rings (SSSR count). The predicted molar refractivity (Wildman–Crippen MR) is 110 cm³/mol. The average molecular weight is 428 g/mol. The van der Waals surface area contributed by atoms with Gasteiger partial charge in [-0.2, -0.15) is 18.4 Å². The summed E-state index contributed by atoms with van der Waals surface area (Å²) >= 11 is 1.10. The summed E-state index contributed by atoms with van der Waals surface area (Å²) in [4.78, 5) is 4.05. The third kappa shape index (κ3) is 6.44. The summed E-state index contributed by atoms with van der Waals surface area (Å²) in [6.45, 7) is 4.13. The Kier molecular flexibility index (Phi) is 9.58. The van der Waals surface area contributed by atoms with E-state index in [1.54, 1.807) is 13.3 Å². The molecule has 29 heavy (non-hydrogen) atoms. The minimum atomic E-state index is -4.62. The van der Waals surface area contributed by atoms with Crippen LogP contribution in [0.1, 0.15) is 25.1 Å². The van der Waals surface area contributed by atoms with Crippen molar-refractivity contribution in [3.8, 4) is 23.1 Å². The fraction of sp³-hybridized carbons (Fsp3) is 0.368. The fourth-order valence-corrected chi connectivity index (χ4v) is 2.54.